The van der Waals surface area contributed by atoms with E-state index in [1.807, 2.05) is 51.4 Å². The zero-order chi connectivity index (χ0) is 12.0. The number of hydrogen-bond donors (Lipinski definition) is 2. The Hall–Kier alpha value is 0.439. The van der Waals surface area contributed by atoms with Crippen LogP contribution >= 0.6 is 0 Å². The van der Waals surface area contributed by atoms with Crippen molar-refractivity contribution in [2.75, 3.05) is 0 Å². The summed E-state index contributed by atoms with van der Waals surface area (Å²) >= 11 is 0. The van der Waals surface area contributed by atoms with Gasteiger partial charge in [-0.25, -0.2) is 0 Å². The molecule has 0 spiro atoms. The summed E-state index contributed by atoms with van der Waals surface area (Å²) in [5.74, 6) is 1.98. The van der Waals surface area contributed by atoms with Crippen molar-refractivity contribution in [1.82, 2.24) is 0 Å². The third kappa shape index (κ3) is 6.81. The second kappa shape index (κ2) is 9.38. The number of aliphatic hydroxyl groups excluding tert-OH is 2. The van der Waals surface area contributed by atoms with Gasteiger partial charge in [0.1, 0.15) is 0 Å². The van der Waals surface area contributed by atoms with Gasteiger partial charge in [-0.05, 0) is 65.2 Å². The van der Waals surface area contributed by atoms with E-state index in [4.69, 9.17) is 10.2 Å². The molecule has 2 fully saturated rings. The summed E-state index contributed by atoms with van der Waals surface area (Å²) in [7, 11) is 0. The fraction of sp³-hybridized carbons (Fsp3) is 0.286. The number of hydrogen-bond acceptors (Lipinski definition) is 2. The second-order valence-electron chi connectivity index (χ2n) is 3.79. The molecule has 94 valence electrons. The summed E-state index contributed by atoms with van der Waals surface area (Å²) in [4.78, 5) is 0. The molecule has 0 aromatic heterocycles. The SMILES string of the molecule is CC(O)[C]1[CH][CH][CH][CH]1.CC(O)[C]1[CH][CH][CH][CH]1.[Fe]. The Labute approximate surface area is 117 Å². The van der Waals surface area contributed by atoms with Crippen LogP contribution in [0, 0.1) is 63.2 Å². The molecular formula is C14H18FeO2. The van der Waals surface area contributed by atoms with Crippen molar-refractivity contribution in [3.8, 4) is 0 Å². The van der Waals surface area contributed by atoms with E-state index < -0.39 is 0 Å². The van der Waals surface area contributed by atoms with Gasteiger partial charge in [-0.3, -0.25) is 0 Å². The monoisotopic (exact) mass is 274 g/mol. The third-order valence-corrected chi connectivity index (χ3v) is 2.34. The van der Waals surface area contributed by atoms with Gasteiger partial charge in [-0.2, -0.15) is 0 Å². The van der Waals surface area contributed by atoms with Gasteiger partial charge in [0.2, 0.25) is 0 Å². The molecule has 0 aromatic rings. The summed E-state index contributed by atoms with van der Waals surface area (Å²) in [6.45, 7) is 3.52. The summed E-state index contributed by atoms with van der Waals surface area (Å²) in [5, 5.41) is 17.8. The molecule has 0 heterocycles. The maximum Gasteiger partial charge on any atom is 0.0580 e. The van der Waals surface area contributed by atoms with Crippen LogP contribution in [-0.4, -0.2) is 22.4 Å². The average Bonchev–Trinajstić information content (AvgIpc) is 2.93. The van der Waals surface area contributed by atoms with Crippen molar-refractivity contribution in [2.24, 2.45) is 0 Å². The topological polar surface area (TPSA) is 40.5 Å². The van der Waals surface area contributed by atoms with Crippen molar-refractivity contribution in [3.05, 3.63) is 63.2 Å². The van der Waals surface area contributed by atoms with E-state index >= 15 is 0 Å². The molecule has 0 aliphatic heterocycles. The van der Waals surface area contributed by atoms with Crippen LogP contribution in [0.3, 0.4) is 0 Å². The standard InChI is InChI=1S/2C7H9O.Fe/c2*1-6(8)7-4-2-3-5-7;/h2*2-6,8H,1H3;. The molecule has 2 aliphatic rings. The molecule has 2 saturated carbocycles. The van der Waals surface area contributed by atoms with E-state index in [-0.39, 0.29) is 29.3 Å². The van der Waals surface area contributed by atoms with E-state index in [0.29, 0.717) is 0 Å². The fourth-order valence-corrected chi connectivity index (χ4v) is 1.33. The van der Waals surface area contributed by atoms with Crippen LogP contribution in [0.2, 0.25) is 0 Å². The van der Waals surface area contributed by atoms with E-state index in [1.54, 1.807) is 13.8 Å². The van der Waals surface area contributed by atoms with Crippen molar-refractivity contribution < 1.29 is 27.3 Å². The molecule has 2 aliphatic carbocycles. The van der Waals surface area contributed by atoms with Crippen molar-refractivity contribution in [2.45, 2.75) is 26.1 Å². The molecule has 2 N–H and O–H groups in total. The minimum atomic E-state index is -0.315. The molecule has 17 heavy (non-hydrogen) atoms. The molecule has 0 aromatic carbocycles. The Morgan fingerprint density at radius 3 is 1.06 bits per heavy atom. The molecule has 2 atom stereocenters. The Bertz CT molecular complexity index is 151. The van der Waals surface area contributed by atoms with E-state index in [2.05, 4.69) is 0 Å². The largest absolute Gasteiger partial charge is 0.393 e. The number of aliphatic hydroxyl groups is 2. The predicted octanol–water partition coefficient (Wildman–Crippen LogP) is 1.54. The number of rotatable bonds is 2. The molecule has 0 bridgehead atoms. The Morgan fingerprint density at radius 2 is 0.941 bits per heavy atom. The molecular weight excluding hydrogens is 256 g/mol. The van der Waals surface area contributed by atoms with E-state index in [1.165, 1.54) is 0 Å². The molecule has 2 nitrogen and oxygen atoms in total. The fourth-order valence-electron chi connectivity index (χ4n) is 1.33. The van der Waals surface area contributed by atoms with Crippen molar-refractivity contribution >= 4 is 0 Å². The zero-order valence-corrected chi connectivity index (χ0v) is 11.1. The summed E-state index contributed by atoms with van der Waals surface area (Å²) in [6, 6.07) is 0. The van der Waals surface area contributed by atoms with Gasteiger partial charge in [-0.15, -0.1) is 0 Å². The van der Waals surface area contributed by atoms with Crippen molar-refractivity contribution in [1.29, 1.82) is 0 Å². The molecule has 0 saturated heterocycles. The average molecular weight is 274 g/mol. The van der Waals surface area contributed by atoms with Gasteiger partial charge < -0.3 is 10.2 Å². The molecule has 3 heteroatoms. The molecule has 0 amide bonds. The predicted molar refractivity (Wildman–Crippen MR) is 64.2 cm³/mol. The van der Waals surface area contributed by atoms with Gasteiger partial charge >= 0.3 is 0 Å². The summed E-state index contributed by atoms with van der Waals surface area (Å²) < 4.78 is 0. The molecule has 2 rings (SSSR count). The van der Waals surface area contributed by atoms with Crippen molar-refractivity contribution in [3.63, 3.8) is 0 Å². The van der Waals surface area contributed by atoms with Gasteiger partial charge in [-0.1, -0.05) is 0 Å². The first kappa shape index (κ1) is 17.4. The van der Waals surface area contributed by atoms with Gasteiger partial charge in [0.05, 0.1) is 12.2 Å². The van der Waals surface area contributed by atoms with Crippen LogP contribution in [0.4, 0.5) is 0 Å². The Morgan fingerprint density at radius 1 is 0.706 bits per heavy atom. The normalized spacial score (nSPS) is 24.7. The van der Waals surface area contributed by atoms with Crippen LogP contribution in [0.15, 0.2) is 0 Å². The Balaban J connectivity index is 0.000000284. The van der Waals surface area contributed by atoms with E-state index in [9.17, 15) is 0 Å². The Kier molecular flexibility index (Phi) is 9.62. The first-order valence-electron chi connectivity index (χ1n) is 5.40. The van der Waals surface area contributed by atoms with Crippen LogP contribution < -0.4 is 0 Å². The smallest absolute Gasteiger partial charge is 0.0580 e. The molecule has 10 radical (unpaired) electrons. The third-order valence-electron chi connectivity index (χ3n) is 2.34. The van der Waals surface area contributed by atoms with Crippen LogP contribution in [-0.2, 0) is 17.1 Å². The van der Waals surface area contributed by atoms with Gasteiger partial charge in [0.15, 0.2) is 0 Å². The van der Waals surface area contributed by atoms with Crippen LogP contribution in [0.25, 0.3) is 0 Å². The van der Waals surface area contributed by atoms with E-state index in [0.717, 1.165) is 11.8 Å². The maximum atomic E-state index is 8.91. The summed E-state index contributed by atoms with van der Waals surface area (Å²) in [6.07, 6.45) is 14.7. The molecule has 2 unspecified atom stereocenters. The summed E-state index contributed by atoms with van der Waals surface area (Å²) in [5.41, 5.74) is 0. The van der Waals surface area contributed by atoms with Crippen LogP contribution in [0.1, 0.15) is 13.8 Å². The van der Waals surface area contributed by atoms with Gasteiger partial charge in [0, 0.05) is 28.9 Å². The van der Waals surface area contributed by atoms with Crippen LogP contribution in [0.5, 0.6) is 0 Å². The first-order chi connectivity index (χ1) is 7.61. The zero-order valence-electron chi connectivity index (χ0n) is 10.0. The minimum Gasteiger partial charge on any atom is -0.393 e. The van der Waals surface area contributed by atoms with Gasteiger partial charge in [0.25, 0.3) is 0 Å². The quantitative estimate of drug-likeness (QED) is 0.750. The minimum absolute atomic E-state index is 0. The maximum absolute atomic E-state index is 8.91. The second-order valence-corrected chi connectivity index (χ2v) is 3.79. The first-order valence-corrected chi connectivity index (χ1v) is 5.40.